The van der Waals surface area contributed by atoms with Gasteiger partial charge in [-0.3, -0.25) is 4.90 Å². The van der Waals surface area contributed by atoms with E-state index < -0.39 is 0 Å². The predicted octanol–water partition coefficient (Wildman–Crippen LogP) is 2.24. The fourth-order valence-corrected chi connectivity index (χ4v) is 3.73. The molecule has 22 heavy (non-hydrogen) atoms. The van der Waals surface area contributed by atoms with Crippen molar-refractivity contribution in [1.82, 2.24) is 4.90 Å². The fraction of sp³-hybridized carbons (Fsp3) is 0.667. The lowest BCUT2D eigenvalue weighted by atomic mass is 9.94. The summed E-state index contributed by atoms with van der Waals surface area (Å²) in [5, 5.41) is 10.2. The molecule has 2 aliphatic rings. The van der Waals surface area contributed by atoms with E-state index in [1.165, 1.54) is 5.56 Å². The lowest BCUT2D eigenvalue weighted by Crippen LogP contribution is -2.52. The molecule has 1 aromatic rings. The number of aliphatic hydroxyl groups excluding tert-OH is 1. The van der Waals surface area contributed by atoms with Gasteiger partial charge in [0.15, 0.2) is 0 Å². The van der Waals surface area contributed by atoms with Crippen molar-refractivity contribution >= 4 is 0 Å². The zero-order valence-corrected chi connectivity index (χ0v) is 13.4. The summed E-state index contributed by atoms with van der Waals surface area (Å²) in [5.74, 6) is 1.30. The molecule has 1 saturated carbocycles. The third-order valence-electron chi connectivity index (χ3n) is 4.94. The Morgan fingerprint density at radius 2 is 2.27 bits per heavy atom. The summed E-state index contributed by atoms with van der Waals surface area (Å²) in [7, 11) is 0. The zero-order chi connectivity index (χ0) is 15.4. The molecule has 2 fully saturated rings. The smallest absolute Gasteiger partial charge is 0.119 e. The maximum atomic E-state index is 10.2. The highest BCUT2D eigenvalue weighted by Crippen LogP contribution is 2.32. The number of hydrogen-bond acceptors (Lipinski definition) is 4. The van der Waals surface area contributed by atoms with Crippen LogP contribution in [0.25, 0.3) is 0 Å². The number of rotatable bonds is 5. The molecule has 0 spiro atoms. The minimum absolute atomic E-state index is 0.160. The summed E-state index contributed by atoms with van der Waals surface area (Å²) >= 11 is 0. The molecule has 0 amide bonds. The van der Waals surface area contributed by atoms with Crippen LogP contribution in [0.4, 0.5) is 0 Å². The number of aliphatic hydroxyl groups is 1. The number of aryl methyl sites for hydroxylation is 1. The van der Waals surface area contributed by atoms with Gasteiger partial charge < -0.3 is 14.6 Å². The lowest BCUT2D eigenvalue weighted by Gasteiger charge is -2.40. The van der Waals surface area contributed by atoms with Crippen molar-refractivity contribution in [1.29, 1.82) is 0 Å². The Morgan fingerprint density at radius 1 is 1.36 bits per heavy atom. The summed E-state index contributed by atoms with van der Waals surface area (Å²) in [6.07, 6.45) is 3.03. The van der Waals surface area contributed by atoms with Crippen molar-refractivity contribution in [3.8, 4) is 5.75 Å². The molecule has 4 nitrogen and oxygen atoms in total. The monoisotopic (exact) mass is 305 g/mol. The van der Waals surface area contributed by atoms with Crippen molar-refractivity contribution in [3.63, 3.8) is 0 Å². The van der Waals surface area contributed by atoms with Gasteiger partial charge in [-0.25, -0.2) is 0 Å². The summed E-state index contributed by atoms with van der Waals surface area (Å²) < 4.78 is 11.5. The van der Waals surface area contributed by atoms with Crippen LogP contribution < -0.4 is 4.74 Å². The Balaban J connectivity index is 1.53. The molecule has 122 valence electrons. The zero-order valence-electron chi connectivity index (χ0n) is 13.4. The molecular formula is C18H27NO3. The maximum Gasteiger partial charge on any atom is 0.119 e. The van der Waals surface area contributed by atoms with E-state index in [9.17, 15) is 5.11 Å². The SMILES string of the molecule is Cc1cccc(OCCN2CCOC[C@@H]2[C@@H]2CCC[C@@H]2O)c1. The van der Waals surface area contributed by atoms with Crippen LogP contribution in [-0.2, 0) is 4.74 Å². The van der Waals surface area contributed by atoms with Crippen molar-refractivity contribution in [2.75, 3.05) is 32.9 Å². The van der Waals surface area contributed by atoms with Gasteiger partial charge in [0.25, 0.3) is 0 Å². The standard InChI is InChI=1S/C18H27NO3/c1-14-4-2-5-15(12-14)22-11-9-19-8-10-21-13-17(19)16-6-3-7-18(16)20/h2,4-5,12,16-18,20H,3,6-11,13H2,1H3/t16-,17+,18-/m0/s1. The van der Waals surface area contributed by atoms with Gasteiger partial charge in [0.1, 0.15) is 12.4 Å². The molecule has 1 aromatic carbocycles. The van der Waals surface area contributed by atoms with Crippen molar-refractivity contribution in [2.45, 2.75) is 38.3 Å². The average molecular weight is 305 g/mol. The molecule has 0 aromatic heterocycles. The maximum absolute atomic E-state index is 10.2. The Bertz CT molecular complexity index is 479. The van der Waals surface area contributed by atoms with Crippen LogP contribution in [0.2, 0.25) is 0 Å². The number of morpholine rings is 1. The topological polar surface area (TPSA) is 41.9 Å². The van der Waals surface area contributed by atoms with Crippen LogP contribution in [0.15, 0.2) is 24.3 Å². The predicted molar refractivity (Wildman–Crippen MR) is 86.2 cm³/mol. The van der Waals surface area contributed by atoms with Crippen molar-refractivity contribution < 1.29 is 14.6 Å². The molecule has 0 bridgehead atoms. The van der Waals surface area contributed by atoms with Gasteiger partial charge in [-0.1, -0.05) is 18.6 Å². The second kappa shape index (κ2) is 7.44. The van der Waals surface area contributed by atoms with Crippen LogP contribution in [-0.4, -0.2) is 55.1 Å². The molecule has 1 aliphatic carbocycles. The van der Waals surface area contributed by atoms with E-state index in [-0.39, 0.29) is 6.10 Å². The number of benzene rings is 1. The van der Waals surface area contributed by atoms with E-state index in [4.69, 9.17) is 9.47 Å². The van der Waals surface area contributed by atoms with Crippen LogP contribution in [0.1, 0.15) is 24.8 Å². The van der Waals surface area contributed by atoms with Crippen molar-refractivity contribution in [3.05, 3.63) is 29.8 Å². The van der Waals surface area contributed by atoms with E-state index in [0.717, 1.165) is 51.3 Å². The molecule has 0 unspecified atom stereocenters. The van der Waals surface area contributed by atoms with E-state index in [2.05, 4.69) is 24.0 Å². The van der Waals surface area contributed by atoms with Crippen molar-refractivity contribution in [2.24, 2.45) is 5.92 Å². The Morgan fingerprint density at radius 3 is 3.05 bits per heavy atom. The first-order valence-corrected chi connectivity index (χ1v) is 8.43. The summed E-state index contributed by atoms with van der Waals surface area (Å²) in [6, 6.07) is 8.51. The fourth-order valence-electron chi connectivity index (χ4n) is 3.73. The van der Waals surface area contributed by atoms with E-state index in [1.807, 2.05) is 12.1 Å². The van der Waals surface area contributed by atoms with Crippen LogP contribution >= 0.6 is 0 Å². The summed E-state index contributed by atoms with van der Waals surface area (Å²) in [5.41, 5.74) is 1.22. The normalized spacial score (nSPS) is 29.6. The molecule has 4 heteroatoms. The molecular weight excluding hydrogens is 278 g/mol. The molecule has 0 radical (unpaired) electrons. The number of nitrogens with zero attached hydrogens (tertiary/aromatic N) is 1. The quantitative estimate of drug-likeness (QED) is 0.906. The van der Waals surface area contributed by atoms with Gasteiger partial charge in [-0.2, -0.15) is 0 Å². The highest BCUT2D eigenvalue weighted by atomic mass is 16.5. The summed E-state index contributed by atoms with van der Waals surface area (Å²) in [6.45, 7) is 6.11. The molecule has 1 saturated heterocycles. The van der Waals surface area contributed by atoms with E-state index in [0.29, 0.717) is 18.6 Å². The van der Waals surface area contributed by atoms with Gasteiger partial charge in [0.05, 0.1) is 19.3 Å². The third kappa shape index (κ3) is 3.80. The first-order chi connectivity index (χ1) is 10.7. The third-order valence-corrected chi connectivity index (χ3v) is 4.94. The first-order valence-electron chi connectivity index (χ1n) is 8.43. The highest BCUT2D eigenvalue weighted by molar-refractivity contribution is 5.27. The molecule has 1 heterocycles. The van der Waals surface area contributed by atoms with Gasteiger partial charge in [-0.05, 0) is 37.5 Å². The Kier molecular flexibility index (Phi) is 5.34. The molecule has 1 aliphatic heterocycles. The van der Waals surface area contributed by atoms with Crippen LogP contribution in [0.3, 0.4) is 0 Å². The number of hydrogen-bond donors (Lipinski definition) is 1. The minimum Gasteiger partial charge on any atom is -0.492 e. The number of ether oxygens (including phenoxy) is 2. The highest BCUT2D eigenvalue weighted by Gasteiger charge is 2.37. The van der Waals surface area contributed by atoms with Crippen LogP contribution in [0, 0.1) is 12.8 Å². The second-order valence-corrected chi connectivity index (χ2v) is 6.51. The van der Waals surface area contributed by atoms with Gasteiger partial charge in [0, 0.05) is 25.0 Å². The Hall–Kier alpha value is -1.10. The lowest BCUT2D eigenvalue weighted by molar-refractivity contribution is -0.0532. The summed E-state index contributed by atoms with van der Waals surface area (Å²) in [4.78, 5) is 2.44. The first kappa shape index (κ1) is 15.8. The van der Waals surface area contributed by atoms with Crippen LogP contribution in [0.5, 0.6) is 5.75 Å². The van der Waals surface area contributed by atoms with Gasteiger partial charge in [-0.15, -0.1) is 0 Å². The second-order valence-electron chi connectivity index (χ2n) is 6.51. The van der Waals surface area contributed by atoms with E-state index >= 15 is 0 Å². The van der Waals surface area contributed by atoms with Gasteiger partial charge in [0.2, 0.25) is 0 Å². The molecule has 3 atom stereocenters. The minimum atomic E-state index is -0.160. The Labute approximate surface area is 133 Å². The van der Waals surface area contributed by atoms with Gasteiger partial charge >= 0.3 is 0 Å². The largest absolute Gasteiger partial charge is 0.492 e. The molecule has 3 rings (SSSR count). The molecule has 1 N–H and O–H groups in total. The average Bonchev–Trinajstić information content (AvgIpc) is 2.94. The van der Waals surface area contributed by atoms with E-state index in [1.54, 1.807) is 0 Å².